The molecule has 2 N–H and O–H groups in total. The summed E-state index contributed by atoms with van der Waals surface area (Å²) in [6.45, 7) is 1.25. The Kier molecular flexibility index (Phi) is 3.79. The largest absolute Gasteiger partial charge is 0.393 e. The van der Waals surface area contributed by atoms with Gasteiger partial charge in [-0.1, -0.05) is 17.7 Å². The van der Waals surface area contributed by atoms with E-state index < -0.39 is 0 Å². The first kappa shape index (κ1) is 11.8. The van der Waals surface area contributed by atoms with Crippen LogP contribution in [-0.4, -0.2) is 17.8 Å². The lowest BCUT2D eigenvalue weighted by atomic mass is 9.82. The third kappa shape index (κ3) is 2.73. The van der Waals surface area contributed by atoms with Crippen molar-refractivity contribution >= 4 is 11.6 Å². The van der Waals surface area contributed by atoms with Crippen LogP contribution in [0.5, 0.6) is 0 Å². The molecule has 0 radical (unpaired) electrons. The van der Waals surface area contributed by atoms with Gasteiger partial charge in [0.1, 0.15) is 5.82 Å². The summed E-state index contributed by atoms with van der Waals surface area (Å²) in [5.41, 5.74) is 0.518. The predicted molar refractivity (Wildman–Crippen MR) is 61.8 cm³/mol. The van der Waals surface area contributed by atoms with Gasteiger partial charge >= 0.3 is 0 Å². The fraction of sp³-hybridized carbons (Fsp3) is 0.500. The van der Waals surface area contributed by atoms with Gasteiger partial charge in [0.25, 0.3) is 0 Å². The maximum atomic E-state index is 13.4. The lowest BCUT2D eigenvalue weighted by molar-refractivity contribution is 0.0429. The lowest BCUT2D eigenvalue weighted by Gasteiger charge is -2.31. The minimum atomic E-state index is -0.270. The van der Waals surface area contributed by atoms with Gasteiger partial charge in [0.15, 0.2) is 0 Å². The Morgan fingerprint density at radius 2 is 2.19 bits per heavy atom. The Hall–Kier alpha value is -0.640. The van der Waals surface area contributed by atoms with E-state index in [1.54, 1.807) is 12.1 Å². The Balaban J connectivity index is 1.81. The third-order valence-electron chi connectivity index (χ3n) is 3.01. The zero-order valence-corrected chi connectivity index (χ0v) is 9.67. The predicted octanol–water partition coefficient (Wildman–Crippen LogP) is 2.34. The van der Waals surface area contributed by atoms with Crippen LogP contribution in [0.15, 0.2) is 18.2 Å². The first-order chi connectivity index (χ1) is 7.66. The number of aliphatic hydroxyl groups is 1. The van der Waals surface area contributed by atoms with Crippen LogP contribution < -0.4 is 5.32 Å². The highest BCUT2D eigenvalue weighted by Crippen LogP contribution is 2.26. The standard InChI is InChI=1S/C12H15ClFNO/c13-11-2-1-3-12(14)10(11)7-15-6-8-4-9(16)5-8/h1-3,8-9,15-16H,4-7H2. The van der Waals surface area contributed by atoms with E-state index in [0.29, 0.717) is 23.0 Å². The topological polar surface area (TPSA) is 32.3 Å². The van der Waals surface area contributed by atoms with Crippen LogP contribution in [0.3, 0.4) is 0 Å². The zero-order valence-electron chi connectivity index (χ0n) is 8.92. The molecule has 4 heteroatoms. The van der Waals surface area contributed by atoms with Crippen molar-refractivity contribution in [3.63, 3.8) is 0 Å². The summed E-state index contributed by atoms with van der Waals surface area (Å²) in [5, 5.41) is 12.7. The first-order valence-corrected chi connectivity index (χ1v) is 5.86. The number of benzene rings is 1. The molecular weight excluding hydrogens is 229 g/mol. The maximum absolute atomic E-state index is 13.4. The second-order valence-corrected chi connectivity index (χ2v) is 4.73. The molecule has 1 aromatic carbocycles. The van der Waals surface area contributed by atoms with Crippen molar-refractivity contribution in [3.05, 3.63) is 34.6 Å². The molecule has 16 heavy (non-hydrogen) atoms. The van der Waals surface area contributed by atoms with Gasteiger partial charge in [-0.05, 0) is 37.4 Å². The first-order valence-electron chi connectivity index (χ1n) is 5.48. The minimum absolute atomic E-state index is 0.135. The van der Waals surface area contributed by atoms with Crippen LogP contribution in [0, 0.1) is 11.7 Å². The maximum Gasteiger partial charge on any atom is 0.129 e. The Labute approximate surface area is 99.4 Å². The summed E-state index contributed by atoms with van der Waals surface area (Å²) in [4.78, 5) is 0. The van der Waals surface area contributed by atoms with E-state index in [9.17, 15) is 4.39 Å². The van der Waals surface area contributed by atoms with Crippen molar-refractivity contribution in [2.24, 2.45) is 5.92 Å². The summed E-state index contributed by atoms with van der Waals surface area (Å²) < 4.78 is 13.4. The quantitative estimate of drug-likeness (QED) is 0.851. The van der Waals surface area contributed by atoms with Crippen LogP contribution >= 0.6 is 11.6 Å². The van der Waals surface area contributed by atoms with E-state index in [0.717, 1.165) is 19.4 Å². The molecule has 88 valence electrons. The molecule has 1 aliphatic carbocycles. The van der Waals surface area contributed by atoms with Crippen molar-refractivity contribution in [3.8, 4) is 0 Å². The number of halogens is 2. The molecule has 0 saturated heterocycles. The molecule has 0 aromatic heterocycles. The molecule has 0 aliphatic heterocycles. The average molecular weight is 244 g/mol. The van der Waals surface area contributed by atoms with Crippen LogP contribution in [-0.2, 0) is 6.54 Å². The van der Waals surface area contributed by atoms with E-state index in [1.165, 1.54) is 6.07 Å². The van der Waals surface area contributed by atoms with Crippen molar-refractivity contribution in [1.82, 2.24) is 5.32 Å². The fourth-order valence-electron chi connectivity index (χ4n) is 1.97. The molecule has 0 atom stereocenters. The summed E-state index contributed by atoms with van der Waals surface area (Å²) in [6, 6.07) is 4.70. The van der Waals surface area contributed by atoms with E-state index in [4.69, 9.17) is 16.7 Å². The second kappa shape index (κ2) is 5.13. The molecule has 2 rings (SSSR count). The van der Waals surface area contributed by atoms with Crippen LogP contribution in [0.2, 0.25) is 5.02 Å². The SMILES string of the molecule is OC1CC(CNCc2c(F)cccc2Cl)C1. The van der Waals surface area contributed by atoms with Crippen molar-refractivity contribution in [2.75, 3.05) is 6.54 Å². The highest BCUT2D eigenvalue weighted by molar-refractivity contribution is 6.31. The minimum Gasteiger partial charge on any atom is -0.393 e. The molecular formula is C12H15ClFNO. The summed E-state index contributed by atoms with van der Waals surface area (Å²) in [6.07, 6.45) is 1.56. The lowest BCUT2D eigenvalue weighted by Crippen LogP contribution is -2.36. The van der Waals surface area contributed by atoms with Gasteiger partial charge < -0.3 is 10.4 Å². The number of aliphatic hydroxyl groups excluding tert-OH is 1. The smallest absolute Gasteiger partial charge is 0.129 e. The van der Waals surface area contributed by atoms with E-state index in [-0.39, 0.29) is 11.9 Å². The molecule has 1 saturated carbocycles. The van der Waals surface area contributed by atoms with Gasteiger partial charge in [-0.15, -0.1) is 0 Å². The molecule has 0 heterocycles. The van der Waals surface area contributed by atoms with Gasteiger partial charge in [0, 0.05) is 17.1 Å². The molecule has 1 fully saturated rings. The van der Waals surface area contributed by atoms with Crippen molar-refractivity contribution in [2.45, 2.75) is 25.5 Å². The van der Waals surface area contributed by atoms with Gasteiger partial charge in [-0.3, -0.25) is 0 Å². The zero-order chi connectivity index (χ0) is 11.5. The van der Waals surface area contributed by atoms with Crippen molar-refractivity contribution in [1.29, 1.82) is 0 Å². The second-order valence-electron chi connectivity index (χ2n) is 4.32. The number of nitrogens with one attached hydrogen (secondary N) is 1. The van der Waals surface area contributed by atoms with Crippen molar-refractivity contribution < 1.29 is 9.50 Å². The summed E-state index contributed by atoms with van der Waals surface area (Å²) in [7, 11) is 0. The molecule has 0 unspecified atom stereocenters. The summed E-state index contributed by atoms with van der Waals surface area (Å²) >= 11 is 5.90. The van der Waals surface area contributed by atoms with E-state index >= 15 is 0 Å². The van der Waals surface area contributed by atoms with Gasteiger partial charge in [-0.2, -0.15) is 0 Å². The van der Waals surface area contributed by atoms with Gasteiger partial charge in [0.2, 0.25) is 0 Å². The fourth-order valence-corrected chi connectivity index (χ4v) is 2.20. The monoisotopic (exact) mass is 243 g/mol. The number of rotatable bonds is 4. The normalized spacial score (nSPS) is 24.2. The Morgan fingerprint density at radius 3 is 2.81 bits per heavy atom. The Bertz CT molecular complexity index is 346. The highest BCUT2D eigenvalue weighted by atomic mass is 35.5. The van der Waals surface area contributed by atoms with E-state index in [1.807, 2.05) is 0 Å². The number of hydrogen-bond donors (Lipinski definition) is 2. The third-order valence-corrected chi connectivity index (χ3v) is 3.36. The summed E-state index contributed by atoms with van der Waals surface area (Å²) in [5.74, 6) is 0.245. The molecule has 0 spiro atoms. The average Bonchev–Trinajstić information content (AvgIpc) is 2.19. The van der Waals surface area contributed by atoms with Crippen LogP contribution in [0.1, 0.15) is 18.4 Å². The highest BCUT2D eigenvalue weighted by Gasteiger charge is 2.26. The molecule has 0 amide bonds. The number of hydrogen-bond acceptors (Lipinski definition) is 2. The van der Waals surface area contributed by atoms with E-state index in [2.05, 4.69) is 5.32 Å². The van der Waals surface area contributed by atoms with Crippen LogP contribution in [0.4, 0.5) is 4.39 Å². The Morgan fingerprint density at radius 1 is 1.44 bits per heavy atom. The molecule has 2 nitrogen and oxygen atoms in total. The molecule has 0 bridgehead atoms. The van der Waals surface area contributed by atoms with Gasteiger partial charge in [-0.25, -0.2) is 4.39 Å². The molecule has 1 aliphatic rings. The van der Waals surface area contributed by atoms with Gasteiger partial charge in [0.05, 0.1) is 6.10 Å². The van der Waals surface area contributed by atoms with Crippen LogP contribution in [0.25, 0.3) is 0 Å². The molecule has 1 aromatic rings.